The van der Waals surface area contributed by atoms with Crippen LogP contribution >= 0.6 is 0 Å². The van der Waals surface area contributed by atoms with Gasteiger partial charge in [-0.05, 0) is 25.0 Å². The zero-order valence-corrected chi connectivity index (χ0v) is 15.0. The van der Waals surface area contributed by atoms with E-state index in [1.807, 2.05) is 4.57 Å². The van der Waals surface area contributed by atoms with Crippen LogP contribution in [0.25, 0.3) is 11.2 Å². The average molecular weight is 372 g/mol. The Kier molecular flexibility index (Phi) is 4.23. The van der Waals surface area contributed by atoms with Crippen molar-refractivity contribution in [2.45, 2.75) is 43.0 Å². The molecule has 0 radical (unpaired) electrons. The van der Waals surface area contributed by atoms with Crippen molar-refractivity contribution in [3.05, 3.63) is 36.9 Å². The van der Waals surface area contributed by atoms with Gasteiger partial charge in [0.2, 0.25) is 0 Å². The summed E-state index contributed by atoms with van der Waals surface area (Å²) in [6.45, 7) is 0. The Morgan fingerprint density at radius 2 is 1.88 bits per heavy atom. The van der Waals surface area contributed by atoms with Crippen molar-refractivity contribution in [2.75, 3.05) is 10.5 Å². The molecule has 1 saturated carbocycles. The largest absolute Gasteiger partial charge is 0.384 e. The maximum atomic E-state index is 13.0. The molecular formula is C17H20N6O2S. The Bertz CT molecular complexity index is 1030. The monoisotopic (exact) mass is 372 g/mol. The van der Waals surface area contributed by atoms with E-state index in [-0.39, 0.29) is 16.8 Å². The Morgan fingerprint density at radius 3 is 2.62 bits per heavy atom. The van der Waals surface area contributed by atoms with Gasteiger partial charge < -0.3 is 10.3 Å². The summed E-state index contributed by atoms with van der Waals surface area (Å²) in [5.41, 5.74) is 7.52. The number of aromatic nitrogens is 4. The van der Waals surface area contributed by atoms with Crippen molar-refractivity contribution in [1.29, 1.82) is 0 Å². The first kappa shape index (κ1) is 16.8. The third-order valence-electron chi connectivity index (χ3n) is 4.74. The molecule has 0 bridgehead atoms. The molecule has 4 rings (SSSR count). The molecule has 0 unspecified atom stereocenters. The fraction of sp³-hybridized carbons (Fsp3) is 0.353. The lowest BCUT2D eigenvalue weighted by molar-refractivity contribution is 0.362. The molecule has 1 fully saturated rings. The van der Waals surface area contributed by atoms with E-state index >= 15 is 0 Å². The topological polar surface area (TPSA) is 116 Å². The summed E-state index contributed by atoms with van der Waals surface area (Å²) < 4.78 is 30.4. The molecule has 136 valence electrons. The van der Waals surface area contributed by atoms with Gasteiger partial charge in [-0.2, -0.15) is 0 Å². The fourth-order valence-electron chi connectivity index (χ4n) is 3.62. The van der Waals surface area contributed by atoms with Crippen LogP contribution in [0.5, 0.6) is 0 Å². The molecule has 3 heterocycles. The molecule has 1 aliphatic carbocycles. The molecule has 9 heteroatoms. The minimum Gasteiger partial charge on any atom is -0.384 e. The van der Waals surface area contributed by atoms with Gasteiger partial charge in [0.15, 0.2) is 10.5 Å². The van der Waals surface area contributed by atoms with Gasteiger partial charge in [-0.15, -0.1) is 0 Å². The van der Waals surface area contributed by atoms with Gasteiger partial charge in [0.1, 0.15) is 11.3 Å². The number of nitrogens with zero attached hydrogens (tertiary/aromatic N) is 4. The van der Waals surface area contributed by atoms with E-state index in [4.69, 9.17) is 5.73 Å². The number of anilines is 2. The molecular weight excluding hydrogens is 352 g/mol. The molecule has 3 aromatic heterocycles. The molecule has 0 spiro atoms. The molecule has 0 amide bonds. The fourth-order valence-corrected chi connectivity index (χ4v) is 4.92. The predicted molar refractivity (Wildman–Crippen MR) is 99.1 cm³/mol. The Labute approximate surface area is 151 Å². The smallest absolute Gasteiger partial charge is 0.267 e. The first-order valence-electron chi connectivity index (χ1n) is 8.61. The second kappa shape index (κ2) is 6.56. The molecule has 26 heavy (non-hydrogen) atoms. The van der Waals surface area contributed by atoms with Crippen LogP contribution < -0.4 is 10.5 Å². The first-order chi connectivity index (χ1) is 12.6. The Hall–Kier alpha value is -2.68. The van der Waals surface area contributed by atoms with Gasteiger partial charge in [0.25, 0.3) is 10.0 Å². The number of nitrogens with two attached hydrogens (primary N) is 1. The highest BCUT2D eigenvalue weighted by Gasteiger charge is 2.31. The van der Waals surface area contributed by atoms with Gasteiger partial charge in [-0.3, -0.25) is 9.71 Å². The Balaban J connectivity index is 1.86. The summed E-state index contributed by atoms with van der Waals surface area (Å²) >= 11 is 0. The second-order valence-electron chi connectivity index (χ2n) is 6.45. The van der Waals surface area contributed by atoms with Gasteiger partial charge >= 0.3 is 0 Å². The van der Waals surface area contributed by atoms with Crippen LogP contribution in [0.4, 0.5) is 11.5 Å². The maximum Gasteiger partial charge on any atom is 0.267 e. The highest BCUT2D eigenvalue weighted by molar-refractivity contribution is 7.93. The van der Waals surface area contributed by atoms with E-state index in [1.165, 1.54) is 18.8 Å². The van der Waals surface area contributed by atoms with E-state index in [9.17, 15) is 8.42 Å². The van der Waals surface area contributed by atoms with Crippen molar-refractivity contribution >= 4 is 32.7 Å². The number of sulfonamides is 1. The summed E-state index contributed by atoms with van der Waals surface area (Å²) in [5, 5.41) is 0. The summed E-state index contributed by atoms with van der Waals surface area (Å²) in [6, 6.07) is 3.43. The number of hydrogen-bond donors (Lipinski definition) is 2. The number of fused-ring (bicyclic) bond motifs is 1. The van der Waals surface area contributed by atoms with Crippen molar-refractivity contribution in [2.24, 2.45) is 0 Å². The molecule has 0 atom stereocenters. The van der Waals surface area contributed by atoms with Crippen LogP contribution in [0.15, 0.2) is 41.8 Å². The summed E-state index contributed by atoms with van der Waals surface area (Å²) in [5.74, 6) is 0.189. The Morgan fingerprint density at radius 1 is 1.12 bits per heavy atom. The van der Waals surface area contributed by atoms with Crippen molar-refractivity contribution in [3.63, 3.8) is 0 Å². The molecule has 1 aliphatic rings. The standard InChI is InChI=1S/C17H20N6O2S/c18-16-15(26(24,25)22-12-5-4-8-19-11-12)14-17(21-10-9-20-14)23(16)13-6-2-1-3-7-13/h4-5,8-11,13,22H,1-3,6-7,18H2. The SMILES string of the molecule is Nc1c(S(=O)(=O)Nc2cccnc2)c2nccnc2n1C1CCCCC1. The van der Waals surface area contributed by atoms with E-state index < -0.39 is 10.0 Å². The van der Waals surface area contributed by atoms with Crippen molar-refractivity contribution < 1.29 is 8.42 Å². The molecule has 3 aromatic rings. The van der Waals surface area contributed by atoms with Crippen LogP contribution in [0.1, 0.15) is 38.1 Å². The summed E-state index contributed by atoms with van der Waals surface area (Å²) in [7, 11) is -3.93. The van der Waals surface area contributed by atoms with E-state index in [0.29, 0.717) is 16.9 Å². The lowest BCUT2D eigenvalue weighted by Crippen LogP contribution is -2.18. The number of hydrogen-bond acceptors (Lipinski definition) is 6. The van der Waals surface area contributed by atoms with Gasteiger partial charge in [-0.1, -0.05) is 19.3 Å². The highest BCUT2D eigenvalue weighted by atomic mass is 32.2. The molecule has 0 aliphatic heterocycles. The second-order valence-corrected chi connectivity index (χ2v) is 8.07. The van der Waals surface area contributed by atoms with Crippen LogP contribution in [-0.2, 0) is 10.0 Å². The van der Waals surface area contributed by atoms with E-state index in [0.717, 1.165) is 25.7 Å². The molecule has 0 saturated heterocycles. The third-order valence-corrected chi connectivity index (χ3v) is 6.18. The van der Waals surface area contributed by atoms with Crippen molar-refractivity contribution in [3.8, 4) is 0 Å². The lowest BCUT2D eigenvalue weighted by atomic mass is 9.95. The minimum atomic E-state index is -3.93. The maximum absolute atomic E-state index is 13.0. The average Bonchev–Trinajstić information content (AvgIpc) is 2.95. The molecule has 3 N–H and O–H groups in total. The van der Waals surface area contributed by atoms with E-state index in [1.54, 1.807) is 24.5 Å². The van der Waals surface area contributed by atoms with Crippen LogP contribution in [0.3, 0.4) is 0 Å². The summed E-state index contributed by atoms with van der Waals surface area (Å²) in [4.78, 5) is 12.6. The third kappa shape index (κ3) is 2.88. The van der Waals surface area contributed by atoms with Gasteiger partial charge in [0, 0.05) is 24.6 Å². The predicted octanol–water partition coefficient (Wildman–Crippen LogP) is 2.71. The normalized spacial score (nSPS) is 16.0. The molecule has 0 aromatic carbocycles. The van der Waals surface area contributed by atoms with Gasteiger partial charge in [0.05, 0.1) is 11.9 Å². The van der Waals surface area contributed by atoms with Crippen LogP contribution in [0.2, 0.25) is 0 Å². The minimum absolute atomic E-state index is 0.0185. The van der Waals surface area contributed by atoms with E-state index in [2.05, 4.69) is 19.7 Å². The van der Waals surface area contributed by atoms with Crippen LogP contribution in [0, 0.1) is 0 Å². The lowest BCUT2D eigenvalue weighted by Gasteiger charge is -2.24. The van der Waals surface area contributed by atoms with Gasteiger partial charge in [-0.25, -0.2) is 18.4 Å². The molecule has 8 nitrogen and oxygen atoms in total. The zero-order valence-electron chi connectivity index (χ0n) is 14.2. The number of pyridine rings is 1. The number of rotatable bonds is 4. The first-order valence-corrected chi connectivity index (χ1v) is 10.1. The van der Waals surface area contributed by atoms with Crippen molar-refractivity contribution in [1.82, 2.24) is 19.5 Å². The quantitative estimate of drug-likeness (QED) is 0.727. The summed E-state index contributed by atoms with van der Waals surface area (Å²) in [6.07, 6.45) is 11.4. The van der Waals surface area contributed by atoms with Crippen LogP contribution in [-0.4, -0.2) is 27.9 Å². The number of nitrogens with one attached hydrogen (secondary N) is 1. The number of nitrogen functional groups attached to an aromatic ring is 1. The highest BCUT2D eigenvalue weighted by Crippen LogP contribution is 2.38. The zero-order chi connectivity index (χ0) is 18.1.